The molecule has 0 aromatic carbocycles. The van der Waals surface area contributed by atoms with Crippen LogP contribution in [0.15, 0.2) is 12.5 Å². The smallest absolute Gasteiger partial charge is 0.162 e. The molecule has 0 saturated heterocycles. The fraction of sp³-hybridized carbons (Fsp3) is 0.647. The number of hydrogen-bond donors (Lipinski definition) is 1. The normalized spacial score (nSPS) is 23.0. The zero-order chi connectivity index (χ0) is 15.6. The fourth-order valence-electron chi connectivity index (χ4n) is 3.07. The molecule has 0 bridgehead atoms. The van der Waals surface area contributed by atoms with E-state index in [4.69, 9.17) is 16.9 Å². The Morgan fingerprint density at radius 1 is 1.41 bits per heavy atom. The lowest BCUT2D eigenvalue weighted by atomic mass is 9.88. The summed E-state index contributed by atoms with van der Waals surface area (Å²) in [6, 6.07) is 2.07. The average Bonchev–Trinajstić information content (AvgIpc) is 3.14. The van der Waals surface area contributed by atoms with Crippen molar-refractivity contribution in [2.75, 3.05) is 0 Å². The Bertz CT molecular complexity index is 641. The molecule has 1 N–H and O–H groups in total. The van der Waals surface area contributed by atoms with Gasteiger partial charge in [0.2, 0.25) is 0 Å². The van der Waals surface area contributed by atoms with E-state index in [1.54, 1.807) is 10.9 Å². The molecule has 1 aromatic rings. The van der Waals surface area contributed by atoms with Gasteiger partial charge < -0.3 is 9.67 Å². The molecular weight excluding hydrogens is 298 g/mol. The Kier molecular flexibility index (Phi) is 4.17. The third-order valence-corrected chi connectivity index (χ3v) is 5.44. The summed E-state index contributed by atoms with van der Waals surface area (Å²) < 4.78 is 1.64. The van der Waals surface area contributed by atoms with E-state index in [1.165, 1.54) is 25.5 Å². The van der Waals surface area contributed by atoms with E-state index in [1.807, 2.05) is 0 Å². The third-order valence-electron chi connectivity index (χ3n) is 4.74. The minimum atomic E-state index is -1.31. The van der Waals surface area contributed by atoms with Crippen LogP contribution < -0.4 is 0 Å². The first-order chi connectivity index (χ1) is 10.6. The van der Waals surface area contributed by atoms with Crippen molar-refractivity contribution < 1.29 is 5.11 Å². The molecule has 1 heterocycles. The highest BCUT2D eigenvalue weighted by Gasteiger charge is 2.57. The first kappa shape index (κ1) is 15.4. The molecule has 2 saturated carbocycles. The maximum Gasteiger partial charge on any atom is 0.162 e. The minimum Gasteiger partial charge on any atom is -0.374 e. The van der Waals surface area contributed by atoms with Crippen LogP contribution in [0.3, 0.4) is 0 Å². The molecule has 0 spiro atoms. The van der Waals surface area contributed by atoms with Crippen molar-refractivity contribution in [3.63, 3.8) is 0 Å². The van der Waals surface area contributed by atoms with Gasteiger partial charge in [-0.15, -0.1) is 11.6 Å². The largest absolute Gasteiger partial charge is 0.374 e. The van der Waals surface area contributed by atoms with Crippen molar-refractivity contribution in [3.8, 4) is 17.9 Å². The van der Waals surface area contributed by atoms with Crippen molar-refractivity contribution in [2.45, 2.75) is 62.0 Å². The molecule has 2 aliphatic rings. The lowest BCUT2D eigenvalue weighted by Gasteiger charge is -2.28. The number of halogens is 1. The standard InChI is InChI=1S/C17H20ClN3O/c18-16(8-9-16)17(22,7-6-14-4-2-1-3-5-14)12-21-13-20-11-15(21)10-19/h11,13-14,22H,1-5,8-9,12H2. The van der Waals surface area contributed by atoms with Crippen LogP contribution in [0.25, 0.3) is 0 Å². The summed E-state index contributed by atoms with van der Waals surface area (Å²) in [5, 5.41) is 20.2. The fourth-order valence-corrected chi connectivity index (χ4v) is 3.27. The molecule has 1 unspecified atom stereocenters. The highest BCUT2D eigenvalue weighted by molar-refractivity contribution is 6.27. The van der Waals surface area contributed by atoms with E-state index >= 15 is 0 Å². The molecule has 0 radical (unpaired) electrons. The van der Waals surface area contributed by atoms with Crippen molar-refractivity contribution >= 4 is 11.6 Å². The predicted molar refractivity (Wildman–Crippen MR) is 84.1 cm³/mol. The molecule has 4 nitrogen and oxygen atoms in total. The summed E-state index contributed by atoms with van der Waals surface area (Å²) in [5.41, 5.74) is -0.892. The summed E-state index contributed by atoms with van der Waals surface area (Å²) in [6.45, 7) is 0.194. The predicted octanol–water partition coefficient (Wildman–Crippen LogP) is 2.84. The van der Waals surface area contributed by atoms with E-state index in [2.05, 4.69) is 22.9 Å². The first-order valence-corrected chi connectivity index (χ1v) is 8.28. The van der Waals surface area contributed by atoms with E-state index < -0.39 is 10.5 Å². The second-order valence-corrected chi connectivity index (χ2v) is 7.17. The second kappa shape index (κ2) is 5.95. The van der Waals surface area contributed by atoms with Crippen molar-refractivity contribution in [1.82, 2.24) is 9.55 Å². The number of aliphatic hydroxyl groups is 1. The molecule has 2 fully saturated rings. The molecule has 116 valence electrons. The van der Waals surface area contributed by atoms with Crippen LogP contribution in [0.4, 0.5) is 0 Å². The van der Waals surface area contributed by atoms with E-state index in [-0.39, 0.29) is 6.54 Å². The highest BCUT2D eigenvalue weighted by atomic mass is 35.5. The molecule has 3 rings (SSSR count). The van der Waals surface area contributed by atoms with Gasteiger partial charge in [0.15, 0.2) is 5.60 Å². The number of alkyl halides is 1. The van der Waals surface area contributed by atoms with E-state index in [9.17, 15) is 5.11 Å². The van der Waals surface area contributed by atoms with Crippen LogP contribution in [-0.4, -0.2) is 25.1 Å². The monoisotopic (exact) mass is 317 g/mol. The number of aromatic nitrogens is 2. The number of nitrogens with zero attached hydrogens (tertiary/aromatic N) is 3. The van der Waals surface area contributed by atoms with Gasteiger partial charge in [0.25, 0.3) is 0 Å². The number of nitriles is 1. The summed E-state index contributed by atoms with van der Waals surface area (Å²) in [4.78, 5) is 3.28. The van der Waals surface area contributed by atoms with Crippen LogP contribution >= 0.6 is 11.6 Å². The van der Waals surface area contributed by atoms with Crippen LogP contribution in [0.2, 0.25) is 0 Å². The van der Waals surface area contributed by atoms with Crippen molar-refractivity contribution in [3.05, 3.63) is 18.2 Å². The number of rotatable bonds is 3. The summed E-state index contributed by atoms with van der Waals surface area (Å²) in [6.07, 6.45) is 10.5. The maximum atomic E-state index is 11.1. The van der Waals surface area contributed by atoms with Gasteiger partial charge in [0, 0.05) is 5.92 Å². The number of imidazole rings is 1. The lowest BCUT2D eigenvalue weighted by Crippen LogP contribution is -2.44. The molecule has 1 atom stereocenters. The molecule has 22 heavy (non-hydrogen) atoms. The van der Waals surface area contributed by atoms with Crippen LogP contribution in [-0.2, 0) is 6.54 Å². The van der Waals surface area contributed by atoms with Crippen LogP contribution in [0.5, 0.6) is 0 Å². The summed E-state index contributed by atoms with van der Waals surface area (Å²) in [5.74, 6) is 6.69. The molecule has 1 aromatic heterocycles. The van der Waals surface area contributed by atoms with Crippen molar-refractivity contribution in [2.24, 2.45) is 5.92 Å². The Hall–Kier alpha value is -1.49. The van der Waals surface area contributed by atoms with Gasteiger partial charge >= 0.3 is 0 Å². The summed E-state index contributed by atoms with van der Waals surface area (Å²) >= 11 is 6.51. The first-order valence-electron chi connectivity index (χ1n) is 7.91. The maximum absolute atomic E-state index is 11.1. The third kappa shape index (κ3) is 3.00. The Morgan fingerprint density at radius 3 is 2.77 bits per heavy atom. The van der Waals surface area contributed by atoms with Gasteiger partial charge in [-0.05, 0) is 25.7 Å². The second-order valence-electron chi connectivity index (χ2n) is 6.45. The quantitative estimate of drug-likeness (QED) is 0.689. The van der Waals surface area contributed by atoms with Gasteiger partial charge in [-0.1, -0.05) is 31.1 Å². The van der Waals surface area contributed by atoms with Crippen molar-refractivity contribution in [1.29, 1.82) is 5.26 Å². The summed E-state index contributed by atoms with van der Waals surface area (Å²) in [7, 11) is 0. The van der Waals surface area contributed by atoms with Gasteiger partial charge in [-0.3, -0.25) is 0 Å². The van der Waals surface area contributed by atoms with Gasteiger partial charge in [-0.2, -0.15) is 5.26 Å². The highest BCUT2D eigenvalue weighted by Crippen LogP contribution is 2.51. The molecule has 0 aliphatic heterocycles. The minimum absolute atomic E-state index is 0.194. The van der Waals surface area contributed by atoms with Gasteiger partial charge in [0.05, 0.1) is 23.9 Å². The number of hydrogen-bond acceptors (Lipinski definition) is 3. The topological polar surface area (TPSA) is 61.8 Å². The zero-order valence-electron chi connectivity index (χ0n) is 12.6. The zero-order valence-corrected chi connectivity index (χ0v) is 13.3. The van der Waals surface area contributed by atoms with Gasteiger partial charge in [0.1, 0.15) is 11.8 Å². The van der Waals surface area contributed by atoms with E-state index in [0.29, 0.717) is 11.6 Å². The molecular formula is C17H20ClN3O. The Balaban J connectivity index is 1.83. The Labute approximate surface area is 136 Å². The van der Waals surface area contributed by atoms with Gasteiger partial charge in [-0.25, -0.2) is 4.98 Å². The average molecular weight is 318 g/mol. The SMILES string of the molecule is N#Cc1cncn1CC(O)(C#CC1CCCCC1)C1(Cl)CC1. The molecule has 2 aliphatic carbocycles. The van der Waals surface area contributed by atoms with Crippen LogP contribution in [0.1, 0.15) is 50.6 Å². The lowest BCUT2D eigenvalue weighted by molar-refractivity contribution is 0.0689. The molecule has 0 amide bonds. The van der Waals surface area contributed by atoms with Crippen LogP contribution in [0, 0.1) is 29.1 Å². The Morgan fingerprint density at radius 2 is 2.14 bits per heavy atom. The molecule has 5 heteroatoms. The van der Waals surface area contributed by atoms with E-state index in [0.717, 1.165) is 25.7 Å².